The molecular formula is C7H12Rh. The van der Waals surface area contributed by atoms with E-state index in [0.29, 0.717) is 0 Å². The van der Waals surface area contributed by atoms with Gasteiger partial charge >= 0.3 is 0 Å². The van der Waals surface area contributed by atoms with Crippen molar-refractivity contribution in [1.82, 2.24) is 0 Å². The van der Waals surface area contributed by atoms with Crippen molar-refractivity contribution in [3.05, 3.63) is 0 Å². The summed E-state index contributed by atoms with van der Waals surface area (Å²) in [5, 5.41) is 0. The van der Waals surface area contributed by atoms with Gasteiger partial charge in [-0.1, -0.05) is 25.7 Å². The average Bonchev–Trinajstić information content (AvgIpc) is 2.22. The van der Waals surface area contributed by atoms with E-state index in [1.165, 1.54) is 11.8 Å². The number of rotatable bonds is 0. The van der Waals surface area contributed by atoms with Crippen LogP contribution in [-0.2, 0) is 19.5 Å². The van der Waals surface area contributed by atoms with E-state index in [1.54, 1.807) is 32.1 Å². The van der Waals surface area contributed by atoms with Crippen molar-refractivity contribution in [2.75, 3.05) is 0 Å². The predicted octanol–water partition coefficient (Wildman–Crippen LogP) is 2.19. The minimum absolute atomic E-state index is 0. The molecule has 0 aliphatic heterocycles. The van der Waals surface area contributed by atoms with Crippen molar-refractivity contribution < 1.29 is 19.5 Å². The smallest absolute Gasteiger partial charge is 0 e. The third-order valence-corrected chi connectivity index (χ3v) is 2.63. The Bertz CT molecular complexity index is 62.5. The number of hydrogen-bond donors (Lipinski definition) is 0. The molecule has 2 bridgehead atoms. The molecule has 2 rings (SSSR count). The fraction of sp³-hybridized carbons (Fsp3) is 1.00. The molecule has 0 saturated heterocycles. The van der Waals surface area contributed by atoms with Crippen LogP contribution in [0.1, 0.15) is 32.1 Å². The van der Waals surface area contributed by atoms with Crippen molar-refractivity contribution in [2.45, 2.75) is 32.1 Å². The number of fused-ring (bicyclic) bond motifs is 2. The molecule has 2 aliphatic carbocycles. The van der Waals surface area contributed by atoms with Crippen molar-refractivity contribution in [1.29, 1.82) is 0 Å². The quantitative estimate of drug-likeness (QED) is 0.524. The van der Waals surface area contributed by atoms with Gasteiger partial charge in [-0.3, -0.25) is 0 Å². The number of hydrogen-bond acceptors (Lipinski definition) is 0. The second kappa shape index (κ2) is 2.48. The predicted molar refractivity (Wildman–Crippen MR) is 30.1 cm³/mol. The monoisotopic (exact) mass is 199 g/mol. The minimum atomic E-state index is 0. The maximum Gasteiger partial charge on any atom is 0 e. The molecule has 0 amide bonds. The van der Waals surface area contributed by atoms with Gasteiger partial charge in [-0.2, -0.15) is 0 Å². The molecule has 0 unspecified atom stereocenters. The Morgan fingerprint density at radius 3 is 1.25 bits per heavy atom. The molecule has 8 heavy (non-hydrogen) atoms. The van der Waals surface area contributed by atoms with E-state index in [1.807, 2.05) is 0 Å². The molecule has 49 valence electrons. The van der Waals surface area contributed by atoms with E-state index in [-0.39, 0.29) is 19.5 Å². The summed E-state index contributed by atoms with van der Waals surface area (Å²) < 4.78 is 0. The first-order valence-electron chi connectivity index (χ1n) is 3.45. The molecule has 0 aromatic rings. The van der Waals surface area contributed by atoms with Gasteiger partial charge in [0, 0.05) is 19.5 Å². The molecule has 1 heteroatoms. The van der Waals surface area contributed by atoms with Crippen LogP contribution in [0.15, 0.2) is 0 Å². The summed E-state index contributed by atoms with van der Waals surface area (Å²) >= 11 is 0. The van der Waals surface area contributed by atoms with Crippen LogP contribution in [0.5, 0.6) is 0 Å². The van der Waals surface area contributed by atoms with Gasteiger partial charge < -0.3 is 0 Å². The molecule has 2 fully saturated rings. The molecule has 0 aromatic carbocycles. The summed E-state index contributed by atoms with van der Waals surface area (Å²) in [6, 6.07) is 0. The van der Waals surface area contributed by atoms with Gasteiger partial charge in [-0.15, -0.1) is 0 Å². The van der Waals surface area contributed by atoms with Gasteiger partial charge in [0.25, 0.3) is 0 Å². The fourth-order valence-electron chi connectivity index (χ4n) is 2.17. The topological polar surface area (TPSA) is 0 Å². The fourth-order valence-corrected chi connectivity index (χ4v) is 2.17. The molecule has 2 saturated carbocycles. The van der Waals surface area contributed by atoms with Crippen LogP contribution in [0, 0.1) is 11.8 Å². The van der Waals surface area contributed by atoms with E-state index < -0.39 is 0 Å². The van der Waals surface area contributed by atoms with Crippen LogP contribution in [0.25, 0.3) is 0 Å². The van der Waals surface area contributed by atoms with Gasteiger partial charge in [0.2, 0.25) is 0 Å². The first kappa shape index (κ1) is 6.74. The van der Waals surface area contributed by atoms with Crippen LogP contribution >= 0.6 is 0 Å². The molecule has 2 aliphatic rings. The van der Waals surface area contributed by atoms with Crippen molar-refractivity contribution >= 4 is 0 Å². The third kappa shape index (κ3) is 0.979. The first-order valence-corrected chi connectivity index (χ1v) is 3.45. The maximum atomic E-state index is 1.58. The van der Waals surface area contributed by atoms with E-state index in [4.69, 9.17) is 0 Å². The normalized spacial score (nSPS) is 42.0. The van der Waals surface area contributed by atoms with E-state index >= 15 is 0 Å². The summed E-state index contributed by atoms with van der Waals surface area (Å²) in [6.45, 7) is 0. The second-order valence-corrected chi connectivity index (χ2v) is 3.12. The Morgan fingerprint density at radius 2 is 1.12 bits per heavy atom. The van der Waals surface area contributed by atoms with Crippen LogP contribution in [0.2, 0.25) is 0 Å². The summed E-state index contributed by atoms with van der Waals surface area (Å²) in [5.74, 6) is 2.34. The standard InChI is InChI=1S/C7H12.Rh/c1-2-7-4-3-6(1)5-7;/h6-7H,1-5H2;. The van der Waals surface area contributed by atoms with Gasteiger partial charge in [0.15, 0.2) is 0 Å². The molecule has 0 spiro atoms. The molecule has 0 heterocycles. The van der Waals surface area contributed by atoms with Gasteiger partial charge in [-0.25, -0.2) is 0 Å². The Kier molecular flexibility index (Phi) is 2.09. The largest absolute Gasteiger partial charge is 0.0502 e. The molecular weight excluding hydrogens is 187 g/mol. The minimum Gasteiger partial charge on any atom is -0.0502 e. The van der Waals surface area contributed by atoms with Crippen molar-refractivity contribution in [2.24, 2.45) is 11.8 Å². The van der Waals surface area contributed by atoms with Crippen molar-refractivity contribution in [3.63, 3.8) is 0 Å². The second-order valence-electron chi connectivity index (χ2n) is 3.12. The Morgan fingerprint density at radius 1 is 0.750 bits per heavy atom. The van der Waals surface area contributed by atoms with E-state index in [2.05, 4.69) is 0 Å². The molecule has 0 aromatic heterocycles. The van der Waals surface area contributed by atoms with Crippen LogP contribution < -0.4 is 0 Å². The van der Waals surface area contributed by atoms with Gasteiger partial charge in [-0.05, 0) is 18.3 Å². The third-order valence-electron chi connectivity index (χ3n) is 2.63. The average molecular weight is 199 g/mol. The summed E-state index contributed by atoms with van der Waals surface area (Å²) in [7, 11) is 0. The Balaban J connectivity index is 0.000000320. The maximum absolute atomic E-state index is 1.58. The molecule has 1 radical (unpaired) electrons. The summed E-state index contributed by atoms with van der Waals surface area (Å²) in [6.07, 6.45) is 7.82. The molecule has 0 nitrogen and oxygen atoms in total. The van der Waals surface area contributed by atoms with Crippen molar-refractivity contribution in [3.8, 4) is 0 Å². The Hall–Kier alpha value is 0.623. The first-order chi connectivity index (χ1) is 3.45. The zero-order valence-corrected chi connectivity index (χ0v) is 6.66. The van der Waals surface area contributed by atoms with Crippen LogP contribution in [0.4, 0.5) is 0 Å². The van der Waals surface area contributed by atoms with E-state index in [0.717, 1.165) is 0 Å². The van der Waals surface area contributed by atoms with E-state index in [9.17, 15) is 0 Å². The zero-order chi connectivity index (χ0) is 4.69. The SMILES string of the molecule is C1CC2CCC1C2.[Rh]. The van der Waals surface area contributed by atoms with Crippen LogP contribution in [-0.4, -0.2) is 0 Å². The molecule has 0 N–H and O–H groups in total. The summed E-state index contributed by atoms with van der Waals surface area (Å²) in [4.78, 5) is 0. The summed E-state index contributed by atoms with van der Waals surface area (Å²) in [5.41, 5.74) is 0. The Labute approximate surface area is 63.8 Å². The zero-order valence-electron chi connectivity index (χ0n) is 5.02. The molecule has 0 atom stereocenters. The van der Waals surface area contributed by atoms with Gasteiger partial charge in [0.1, 0.15) is 0 Å². The van der Waals surface area contributed by atoms with Gasteiger partial charge in [0.05, 0.1) is 0 Å². The van der Waals surface area contributed by atoms with Crippen LogP contribution in [0.3, 0.4) is 0 Å².